The molecule has 3 nitrogen and oxygen atoms in total. The van der Waals surface area contributed by atoms with E-state index in [4.69, 9.17) is 10.5 Å². The van der Waals surface area contributed by atoms with Gasteiger partial charge in [0.05, 0.1) is 7.11 Å². The Morgan fingerprint density at radius 3 is 2.67 bits per heavy atom. The minimum atomic E-state index is 0.437. The molecule has 2 rings (SSSR count). The molecular formula is C15H24N2O. The lowest BCUT2D eigenvalue weighted by Crippen LogP contribution is -2.21. The summed E-state index contributed by atoms with van der Waals surface area (Å²) in [5.74, 6) is 1.64. The topological polar surface area (TPSA) is 38.5 Å². The fourth-order valence-electron chi connectivity index (χ4n) is 3.15. The van der Waals surface area contributed by atoms with E-state index in [1.807, 2.05) is 0 Å². The van der Waals surface area contributed by atoms with E-state index in [2.05, 4.69) is 37.9 Å². The molecular weight excluding hydrogens is 224 g/mol. The molecule has 2 atom stereocenters. The molecule has 0 bridgehead atoms. The highest BCUT2D eigenvalue weighted by Crippen LogP contribution is 2.40. The number of nitrogens with two attached hydrogens (primary N) is 1. The van der Waals surface area contributed by atoms with Crippen molar-refractivity contribution in [3.63, 3.8) is 0 Å². The van der Waals surface area contributed by atoms with Gasteiger partial charge in [0.25, 0.3) is 0 Å². The Kier molecular flexibility index (Phi) is 3.93. The van der Waals surface area contributed by atoms with Gasteiger partial charge in [-0.25, -0.2) is 0 Å². The zero-order chi connectivity index (χ0) is 13.3. The summed E-state index contributed by atoms with van der Waals surface area (Å²) in [5.41, 5.74) is 9.64. The highest BCUT2D eigenvalue weighted by molar-refractivity contribution is 5.45. The number of benzene rings is 1. The molecule has 18 heavy (non-hydrogen) atoms. The summed E-state index contributed by atoms with van der Waals surface area (Å²) in [5, 5.41) is 0. The molecule has 1 heterocycles. The van der Waals surface area contributed by atoms with Crippen molar-refractivity contribution in [3.8, 4) is 5.75 Å². The van der Waals surface area contributed by atoms with Gasteiger partial charge in [0.15, 0.2) is 0 Å². The number of nitrogens with zero attached hydrogens (tertiary/aromatic N) is 1. The molecule has 1 aliphatic heterocycles. The number of hydrogen-bond donors (Lipinski definition) is 1. The second kappa shape index (κ2) is 5.29. The fraction of sp³-hybridized carbons (Fsp3) is 0.600. The van der Waals surface area contributed by atoms with Gasteiger partial charge in [-0.15, -0.1) is 0 Å². The number of ether oxygens (including phenoxy) is 1. The molecule has 2 N–H and O–H groups in total. The third kappa shape index (κ3) is 2.38. The van der Waals surface area contributed by atoms with Crippen LogP contribution < -0.4 is 10.5 Å². The van der Waals surface area contributed by atoms with Gasteiger partial charge in [-0.2, -0.15) is 0 Å². The fourth-order valence-corrected chi connectivity index (χ4v) is 3.15. The highest BCUT2D eigenvalue weighted by Gasteiger charge is 2.31. The van der Waals surface area contributed by atoms with Gasteiger partial charge >= 0.3 is 0 Å². The quantitative estimate of drug-likeness (QED) is 0.891. The lowest BCUT2D eigenvalue weighted by molar-refractivity contribution is 0.302. The summed E-state index contributed by atoms with van der Waals surface area (Å²) in [4.78, 5) is 2.40. The molecule has 0 spiro atoms. The summed E-state index contributed by atoms with van der Waals surface area (Å²) >= 11 is 0. The highest BCUT2D eigenvalue weighted by atomic mass is 16.5. The van der Waals surface area contributed by atoms with E-state index in [9.17, 15) is 0 Å². The first-order valence-corrected chi connectivity index (χ1v) is 6.62. The average molecular weight is 248 g/mol. The standard InChI is InChI=1S/C15H24N2O/c1-10-5-11(2)15(18-4)13(6-10)14-7-12(8-16)9-17(14)3/h5-6,12,14H,7-9,16H2,1-4H3. The van der Waals surface area contributed by atoms with Gasteiger partial charge in [-0.05, 0) is 45.3 Å². The largest absolute Gasteiger partial charge is 0.496 e. The first-order valence-electron chi connectivity index (χ1n) is 6.62. The van der Waals surface area contributed by atoms with Crippen molar-refractivity contribution < 1.29 is 4.74 Å². The van der Waals surface area contributed by atoms with Crippen LogP contribution in [0.4, 0.5) is 0 Å². The minimum absolute atomic E-state index is 0.437. The summed E-state index contributed by atoms with van der Waals surface area (Å²) in [6.45, 7) is 6.11. The Hall–Kier alpha value is -1.06. The van der Waals surface area contributed by atoms with Crippen molar-refractivity contribution in [3.05, 3.63) is 28.8 Å². The molecule has 0 aromatic heterocycles. The molecule has 3 heteroatoms. The van der Waals surface area contributed by atoms with Crippen molar-refractivity contribution in [1.82, 2.24) is 4.90 Å². The van der Waals surface area contributed by atoms with E-state index in [-0.39, 0.29) is 0 Å². The Balaban J connectivity index is 2.38. The van der Waals surface area contributed by atoms with E-state index >= 15 is 0 Å². The van der Waals surface area contributed by atoms with Gasteiger partial charge in [0, 0.05) is 18.2 Å². The third-order valence-corrected chi connectivity index (χ3v) is 3.98. The monoisotopic (exact) mass is 248 g/mol. The summed E-state index contributed by atoms with van der Waals surface area (Å²) in [6, 6.07) is 4.87. The molecule has 1 aliphatic rings. The van der Waals surface area contributed by atoms with Gasteiger partial charge in [0.2, 0.25) is 0 Å². The van der Waals surface area contributed by atoms with Gasteiger partial charge in [0.1, 0.15) is 5.75 Å². The molecule has 0 aliphatic carbocycles. The van der Waals surface area contributed by atoms with Crippen molar-refractivity contribution >= 4 is 0 Å². The number of hydrogen-bond acceptors (Lipinski definition) is 3. The molecule has 1 aromatic carbocycles. The van der Waals surface area contributed by atoms with E-state index in [0.29, 0.717) is 12.0 Å². The lowest BCUT2D eigenvalue weighted by atomic mass is 9.95. The number of methoxy groups -OCH3 is 1. The SMILES string of the molecule is COc1c(C)cc(C)cc1C1CC(CN)CN1C. The van der Waals surface area contributed by atoms with E-state index in [0.717, 1.165) is 25.3 Å². The van der Waals surface area contributed by atoms with Crippen LogP contribution in [0.1, 0.15) is 29.2 Å². The van der Waals surface area contributed by atoms with Crippen molar-refractivity contribution in [2.75, 3.05) is 27.2 Å². The number of aryl methyl sites for hydroxylation is 2. The van der Waals surface area contributed by atoms with Crippen LogP contribution in [0, 0.1) is 19.8 Å². The predicted octanol–water partition coefficient (Wildman–Crippen LogP) is 2.26. The van der Waals surface area contributed by atoms with E-state index in [1.54, 1.807) is 7.11 Å². The van der Waals surface area contributed by atoms with Crippen molar-refractivity contribution in [2.45, 2.75) is 26.3 Å². The maximum atomic E-state index is 5.81. The summed E-state index contributed by atoms with van der Waals surface area (Å²) < 4.78 is 5.60. The van der Waals surface area contributed by atoms with Gasteiger partial charge < -0.3 is 10.5 Å². The maximum Gasteiger partial charge on any atom is 0.126 e. The number of likely N-dealkylation sites (tertiary alicyclic amines) is 1. The molecule has 1 fully saturated rings. The first-order chi connectivity index (χ1) is 8.56. The summed E-state index contributed by atoms with van der Waals surface area (Å²) in [6.07, 6.45) is 1.13. The van der Waals surface area contributed by atoms with Crippen LogP contribution in [0.25, 0.3) is 0 Å². The Morgan fingerprint density at radius 1 is 1.39 bits per heavy atom. The van der Waals surface area contributed by atoms with Gasteiger partial charge in [-0.3, -0.25) is 4.90 Å². The summed E-state index contributed by atoms with van der Waals surface area (Å²) in [7, 11) is 3.94. The second-order valence-corrected chi connectivity index (χ2v) is 5.50. The molecule has 100 valence electrons. The van der Waals surface area contributed by atoms with Crippen LogP contribution in [-0.4, -0.2) is 32.1 Å². The van der Waals surface area contributed by atoms with Crippen LogP contribution in [0.15, 0.2) is 12.1 Å². The van der Waals surface area contributed by atoms with Crippen LogP contribution in [0.3, 0.4) is 0 Å². The van der Waals surface area contributed by atoms with E-state index < -0.39 is 0 Å². The minimum Gasteiger partial charge on any atom is -0.496 e. The Labute approximate surface area is 110 Å². The molecule has 0 amide bonds. The van der Waals surface area contributed by atoms with Crippen LogP contribution in [-0.2, 0) is 0 Å². The zero-order valence-electron chi connectivity index (χ0n) is 11.9. The lowest BCUT2D eigenvalue weighted by Gasteiger charge is -2.23. The second-order valence-electron chi connectivity index (χ2n) is 5.50. The molecule has 1 saturated heterocycles. The molecule has 2 unspecified atom stereocenters. The Morgan fingerprint density at radius 2 is 2.11 bits per heavy atom. The third-order valence-electron chi connectivity index (χ3n) is 3.98. The number of rotatable bonds is 3. The molecule has 0 saturated carbocycles. The first kappa shape index (κ1) is 13.4. The van der Waals surface area contributed by atoms with E-state index in [1.165, 1.54) is 16.7 Å². The Bertz CT molecular complexity index is 431. The molecule has 0 radical (unpaired) electrons. The normalized spacial score (nSPS) is 24.5. The smallest absolute Gasteiger partial charge is 0.126 e. The zero-order valence-corrected chi connectivity index (χ0v) is 11.9. The predicted molar refractivity (Wildman–Crippen MR) is 75.0 cm³/mol. The van der Waals surface area contributed by atoms with Crippen LogP contribution >= 0.6 is 0 Å². The van der Waals surface area contributed by atoms with Crippen LogP contribution in [0.5, 0.6) is 5.75 Å². The van der Waals surface area contributed by atoms with Crippen LogP contribution in [0.2, 0.25) is 0 Å². The van der Waals surface area contributed by atoms with Crippen molar-refractivity contribution in [1.29, 1.82) is 0 Å². The molecule has 1 aromatic rings. The average Bonchev–Trinajstić information content (AvgIpc) is 2.69. The van der Waals surface area contributed by atoms with Gasteiger partial charge in [-0.1, -0.05) is 17.7 Å². The maximum absolute atomic E-state index is 5.81. The van der Waals surface area contributed by atoms with Crippen molar-refractivity contribution in [2.24, 2.45) is 11.7 Å².